The quantitative estimate of drug-likeness (QED) is 0.807. The first-order chi connectivity index (χ1) is 8.69. The number of piperazine rings is 1. The summed E-state index contributed by atoms with van der Waals surface area (Å²) < 4.78 is 0. The van der Waals surface area contributed by atoms with Gasteiger partial charge in [-0.25, -0.2) is 0 Å². The lowest BCUT2D eigenvalue weighted by Gasteiger charge is -2.32. The minimum Gasteiger partial charge on any atom is -0.340 e. The minimum atomic E-state index is 0.226. The molecule has 0 aromatic heterocycles. The Labute approximate surface area is 109 Å². The maximum atomic E-state index is 12.2. The first-order valence-electron chi connectivity index (χ1n) is 6.37. The van der Waals surface area contributed by atoms with Crippen LogP contribution in [0.4, 0.5) is 0 Å². The first kappa shape index (κ1) is 12.8. The average molecular weight is 244 g/mol. The lowest BCUT2D eigenvalue weighted by Crippen LogP contribution is -2.47. The van der Waals surface area contributed by atoms with E-state index in [0.717, 1.165) is 37.3 Å². The number of benzene rings is 1. The maximum Gasteiger partial charge on any atom is 0.227 e. The van der Waals surface area contributed by atoms with Crippen molar-refractivity contribution < 1.29 is 4.79 Å². The zero-order valence-electron chi connectivity index (χ0n) is 10.9. The van der Waals surface area contributed by atoms with Crippen LogP contribution >= 0.6 is 0 Å². The summed E-state index contributed by atoms with van der Waals surface area (Å²) in [6, 6.07) is 8.00. The van der Waals surface area contributed by atoms with Crippen LogP contribution in [-0.4, -0.2) is 48.9 Å². The molecule has 0 radical (unpaired) electrons. The summed E-state index contributed by atoms with van der Waals surface area (Å²) in [7, 11) is 2.09. The van der Waals surface area contributed by atoms with Crippen molar-refractivity contribution in [2.45, 2.75) is 6.42 Å². The largest absolute Gasteiger partial charge is 0.340 e. The van der Waals surface area contributed by atoms with Gasteiger partial charge < -0.3 is 9.80 Å². The molecule has 1 aromatic carbocycles. The van der Waals surface area contributed by atoms with E-state index in [9.17, 15) is 4.79 Å². The van der Waals surface area contributed by atoms with Crippen molar-refractivity contribution in [3.05, 3.63) is 42.0 Å². The molecular weight excluding hydrogens is 224 g/mol. The predicted molar refractivity (Wildman–Crippen MR) is 74.3 cm³/mol. The predicted octanol–water partition coefficient (Wildman–Crippen LogP) is 1.65. The molecule has 0 bridgehead atoms. The van der Waals surface area contributed by atoms with Gasteiger partial charge in [-0.15, -0.1) is 0 Å². The molecule has 3 nitrogen and oxygen atoms in total. The van der Waals surface area contributed by atoms with E-state index >= 15 is 0 Å². The number of rotatable bonds is 3. The number of likely N-dealkylation sites (N-methyl/N-ethyl adjacent to an activating group) is 1. The van der Waals surface area contributed by atoms with Crippen LogP contribution in [0.1, 0.15) is 11.1 Å². The fourth-order valence-electron chi connectivity index (χ4n) is 2.17. The third-order valence-electron chi connectivity index (χ3n) is 3.40. The molecule has 2 rings (SSSR count). The van der Waals surface area contributed by atoms with Gasteiger partial charge in [0.1, 0.15) is 0 Å². The monoisotopic (exact) mass is 244 g/mol. The van der Waals surface area contributed by atoms with Gasteiger partial charge in [-0.1, -0.05) is 36.9 Å². The van der Waals surface area contributed by atoms with E-state index in [1.54, 1.807) is 0 Å². The second-order valence-electron chi connectivity index (χ2n) is 4.81. The molecule has 1 heterocycles. The highest BCUT2D eigenvalue weighted by atomic mass is 16.2. The summed E-state index contributed by atoms with van der Waals surface area (Å²) in [5.41, 5.74) is 2.13. The fraction of sp³-hybridized carbons (Fsp3) is 0.400. The number of nitrogens with zero attached hydrogens (tertiary/aromatic N) is 2. The van der Waals surface area contributed by atoms with Crippen molar-refractivity contribution in [3.8, 4) is 0 Å². The highest BCUT2D eigenvalue weighted by Gasteiger charge is 2.18. The molecule has 1 saturated heterocycles. The van der Waals surface area contributed by atoms with Gasteiger partial charge in [0.25, 0.3) is 0 Å². The van der Waals surface area contributed by atoms with E-state index in [-0.39, 0.29) is 5.91 Å². The Morgan fingerprint density at radius 1 is 1.33 bits per heavy atom. The summed E-state index contributed by atoms with van der Waals surface area (Å²) in [5, 5.41) is 0. The van der Waals surface area contributed by atoms with Gasteiger partial charge in [-0.3, -0.25) is 4.79 Å². The molecule has 18 heavy (non-hydrogen) atoms. The van der Waals surface area contributed by atoms with Crippen LogP contribution < -0.4 is 0 Å². The lowest BCUT2D eigenvalue weighted by molar-refractivity contribution is -0.132. The number of carbonyl (C=O) groups is 1. The molecule has 1 aliphatic heterocycles. The molecule has 0 N–H and O–H groups in total. The molecule has 0 unspecified atom stereocenters. The van der Waals surface area contributed by atoms with E-state index < -0.39 is 0 Å². The summed E-state index contributed by atoms with van der Waals surface area (Å²) in [4.78, 5) is 16.4. The highest BCUT2D eigenvalue weighted by Crippen LogP contribution is 2.09. The Kier molecular flexibility index (Phi) is 4.15. The van der Waals surface area contributed by atoms with Crippen molar-refractivity contribution in [2.75, 3.05) is 33.2 Å². The van der Waals surface area contributed by atoms with E-state index in [0.29, 0.717) is 6.42 Å². The van der Waals surface area contributed by atoms with E-state index in [2.05, 4.69) is 18.5 Å². The van der Waals surface area contributed by atoms with Crippen LogP contribution in [0.5, 0.6) is 0 Å². The van der Waals surface area contributed by atoms with Crippen molar-refractivity contribution in [1.29, 1.82) is 0 Å². The zero-order chi connectivity index (χ0) is 13.0. The second kappa shape index (κ2) is 5.83. The summed E-state index contributed by atoms with van der Waals surface area (Å²) in [6.45, 7) is 7.38. The molecule has 96 valence electrons. The van der Waals surface area contributed by atoms with E-state index in [1.807, 2.05) is 35.2 Å². The molecule has 0 atom stereocenters. The topological polar surface area (TPSA) is 23.6 Å². The van der Waals surface area contributed by atoms with Gasteiger partial charge in [0, 0.05) is 26.2 Å². The van der Waals surface area contributed by atoms with Crippen molar-refractivity contribution in [3.63, 3.8) is 0 Å². The molecule has 1 amide bonds. The van der Waals surface area contributed by atoms with Crippen LogP contribution in [0.25, 0.3) is 6.08 Å². The highest BCUT2D eigenvalue weighted by molar-refractivity contribution is 5.79. The van der Waals surface area contributed by atoms with Crippen LogP contribution in [0.3, 0.4) is 0 Å². The third kappa shape index (κ3) is 3.20. The van der Waals surface area contributed by atoms with Gasteiger partial charge in [-0.05, 0) is 18.2 Å². The Balaban J connectivity index is 1.96. The SMILES string of the molecule is C=Cc1cccc(CC(=O)N2CCN(C)CC2)c1. The van der Waals surface area contributed by atoms with Crippen molar-refractivity contribution in [1.82, 2.24) is 9.80 Å². The second-order valence-corrected chi connectivity index (χ2v) is 4.81. The summed E-state index contributed by atoms with van der Waals surface area (Å²) in [6.07, 6.45) is 2.30. The first-order valence-corrected chi connectivity index (χ1v) is 6.37. The van der Waals surface area contributed by atoms with Gasteiger partial charge >= 0.3 is 0 Å². The molecule has 0 aliphatic carbocycles. The number of hydrogen-bond acceptors (Lipinski definition) is 2. The Morgan fingerprint density at radius 3 is 2.72 bits per heavy atom. The van der Waals surface area contributed by atoms with Gasteiger partial charge in [0.15, 0.2) is 0 Å². The van der Waals surface area contributed by atoms with E-state index in [1.165, 1.54) is 0 Å². The summed E-state index contributed by atoms with van der Waals surface area (Å²) >= 11 is 0. The zero-order valence-corrected chi connectivity index (χ0v) is 10.9. The number of hydrogen-bond donors (Lipinski definition) is 0. The molecule has 0 saturated carbocycles. The van der Waals surface area contributed by atoms with Gasteiger partial charge in [0.05, 0.1) is 6.42 Å². The van der Waals surface area contributed by atoms with E-state index in [4.69, 9.17) is 0 Å². The normalized spacial score (nSPS) is 16.6. The van der Waals surface area contributed by atoms with Crippen LogP contribution in [0, 0.1) is 0 Å². The lowest BCUT2D eigenvalue weighted by atomic mass is 10.1. The van der Waals surface area contributed by atoms with Crippen LogP contribution in [0.15, 0.2) is 30.8 Å². The summed E-state index contributed by atoms with van der Waals surface area (Å²) in [5.74, 6) is 0.226. The standard InChI is InChI=1S/C15H20N2O/c1-3-13-5-4-6-14(11-13)12-15(18)17-9-7-16(2)8-10-17/h3-6,11H,1,7-10,12H2,2H3. The molecular formula is C15H20N2O. The minimum absolute atomic E-state index is 0.226. The smallest absolute Gasteiger partial charge is 0.227 e. The molecule has 1 aliphatic rings. The molecule has 1 aromatic rings. The Morgan fingerprint density at radius 2 is 2.06 bits per heavy atom. The van der Waals surface area contributed by atoms with Crippen molar-refractivity contribution in [2.24, 2.45) is 0 Å². The Hall–Kier alpha value is -1.61. The number of amides is 1. The van der Waals surface area contributed by atoms with Crippen molar-refractivity contribution >= 4 is 12.0 Å². The fourth-order valence-corrected chi connectivity index (χ4v) is 2.17. The number of carbonyl (C=O) groups excluding carboxylic acids is 1. The molecule has 1 fully saturated rings. The van der Waals surface area contributed by atoms with Crippen LogP contribution in [-0.2, 0) is 11.2 Å². The maximum absolute atomic E-state index is 12.2. The Bertz CT molecular complexity index is 434. The van der Waals surface area contributed by atoms with Gasteiger partial charge in [-0.2, -0.15) is 0 Å². The molecule has 3 heteroatoms. The van der Waals surface area contributed by atoms with Gasteiger partial charge in [0.2, 0.25) is 5.91 Å². The van der Waals surface area contributed by atoms with Crippen LogP contribution in [0.2, 0.25) is 0 Å². The molecule has 0 spiro atoms. The average Bonchev–Trinajstić information content (AvgIpc) is 2.39. The third-order valence-corrected chi connectivity index (χ3v) is 3.40.